The molecule has 7 nitrogen and oxygen atoms in total. The van der Waals surface area contributed by atoms with Gasteiger partial charge in [-0.05, 0) is 48.2 Å². The van der Waals surface area contributed by atoms with Crippen molar-refractivity contribution in [3.63, 3.8) is 0 Å². The molecule has 0 saturated heterocycles. The summed E-state index contributed by atoms with van der Waals surface area (Å²) in [6.07, 6.45) is 2.46. The van der Waals surface area contributed by atoms with E-state index in [1.165, 1.54) is 4.31 Å². The molecule has 0 amide bonds. The molecule has 0 spiro atoms. The molecular weight excluding hydrogens is 516 g/mol. The molecule has 2 heterocycles. The van der Waals surface area contributed by atoms with E-state index in [1.54, 1.807) is 29.1 Å². The Hall–Kier alpha value is -1.94. The van der Waals surface area contributed by atoms with Crippen molar-refractivity contribution < 1.29 is 13.2 Å². The van der Waals surface area contributed by atoms with Crippen molar-refractivity contribution in [2.45, 2.75) is 44.3 Å². The van der Waals surface area contributed by atoms with Crippen LogP contribution < -0.4 is 4.74 Å². The zero-order valence-electron chi connectivity index (χ0n) is 17.8. The lowest BCUT2D eigenvalue weighted by atomic mass is 10.0. The fourth-order valence-corrected chi connectivity index (χ4v) is 5.94. The van der Waals surface area contributed by atoms with Crippen LogP contribution in [0.15, 0.2) is 58.0 Å². The molecule has 0 radical (unpaired) electrons. The van der Waals surface area contributed by atoms with Gasteiger partial charge in [-0.1, -0.05) is 58.7 Å². The summed E-state index contributed by atoms with van der Waals surface area (Å²) < 4.78 is 37.2. The molecule has 0 aliphatic carbocycles. The lowest BCUT2D eigenvalue weighted by Crippen LogP contribution is -2.42. The Morgan fingerprint density at radius 2 is 1.94 bits per heavy atom. The topological polar surface area (TPSA) is 77.3 Å². The highest BCUT2D eigenvalue weighted by Crippen LogP contribution is 2.35. The number of rotatable bonds is 6. The normalized spacial score (nSPS) is 18.2. The molecule has 10 heteroatoms. The Bertz CT molecular complexity index is 1200. The molecule has 3 aromatic rings. The third kappa shape index (κ3) is 5.17. The third-order valence-corrected chi connectivity index (χ3v) is 7.92. The smallest absolute Gasteiger partial charge is 0.247 e. The average molecular weight is 540 g/mol. The van der Waals surface area contributed by atoms with Gasteiger partial charge in [0.2, 0.25) is 10.0 Å². The molecule has 0 N–H and O–H groups in total. The summed E-state index contributed by atoms with van der Waals surface area (Å²) in [5, 5.41) is 9.09. The van der Waals surface area contributed by atoms with Gasteiger partial charge in [0.05, 0.1) is 31.0 Å². The van der Waals surface area contributed by atoms with E-state index in [0.717, 1.165) is 10.0 Å². The average Bonchev–Trinajstić information content (AvgIpc) is 3.14. The van der Waals surface area contributed by atoms with Gasteiger partial charge in [-0.25, -0.2) is 13.1 Å². The van der Waals surface area contributed by atoms with Gasteiger partial charge in [0.15, 0.2) is 0 Å². The van der Waals surface area contributed by atoms with Crippen molar-refractivity contribution >= 4 is 37.6 Å². The predicted octanol–water partition coefficient (Wildman–Crippen LogP) is 4.74. The SMILES string of the molecule is CC(C)C[C@H]1COc2cc(Br)ccc2S(=O)(=O)N1Cc1cn(Cc2ccc(Cl)cc2)nn1. The van der Waals surface area contributed by atoms with Gasteiger partial charge in [0, 0.05) is 9.50 Å². The van der Waals surface area contributed by atoms with Crippen molar-refractivity contribution in [3.05, 3.63) is 69.4 Å². The van der Waals surface area contributed by atoms with Gasteiger partial charge in [-0.15, -0.1) is 5.10 Å². The van der Waals surface area contributed by atoms with Crippen LogP contribution in [-0.4, -0.2) is 40.4 Å². The van der Waals surface area contributed by atoms with Crippen molar-refractivity contribution in [2.75, 3.05) is 6.61 Å². The van der Waals surface area contributed by atoms with Gasteiger partial charge in [-0.3, -0.25) is 0 Å². The van der Waals surface area contributed by atoms with Crippen LogP contribution in [0.2, 0.25) is 5.02 Å². The Balaban J connectivity index is 1.62. The third-order valence-electron chi connectivity index (χ3n) is 5.24. The number of sulfonamides is 1. The number of halogens is 2. The highest BCUT2D eigenvalue weighted by atomic mass is 79.9. The molecule has 1 aliphatic heterocycles. The van der Waals surface area contributed by atoms with Crippen LogP contribution in [0.5, 0.6) is 5.75 Å². The van der Waals surface area contributed by atoms with Gasteiger partial charge in [-0.2, -0.15) is 4.31 Å². The molecule has 0 saturated carbocycles. The minimum absolute atomic E-state index is 0.124. The number of hydrogen-bond donors (Lipinski definition) is 0. The van der Waals surface area contributed by atoms with Crippen molar-refractivity contribution in [1.29, 1.82) is 0 Å². The molecule has 170 valence electrons. The maximum absolute atomic E-state index is 13.6. The second-order valence-corrected chi connectivity index (χ2v) is 11.5. The first-order valence-electron chi connectivity index (χ1n) is 10.3. The number of fused-ring (bicyclic) bond motifs is 1. The van der Waals surface area contributed by atoms with Crippen molar-refractivity contribution in [1.82, 2.24) is 19.3 Å². The highest BCUT2D eigenvalue weighted by Gasteiger charge is 2.38. The highest BCUT2D eigenvalue weighted by molar-refractivity contribution is 9.10. The maximum atomic E-state index is 13.6. The van der Waals surface area contributed by atoms with Gasteiger partial charge >= 0.3 is 0 Å². The molecular formula is C22H24BrClN4O3S. The van der Waals surface area contributed by atoms with E-state index in [9.17, 15) is 8.42 Å². The standard InChI is InChI=1S/C22H24BrClN4O3S/c1-15(2)9-20-14-31-21-10-17(23)5-8-22(21)32(29,30)28(20)13-19-12-27(26-25-19)11-16-3-6-18(24)7-4-16/h3-8,10,12,15,20H,9,11,13-14H2,1-2H3/t20-/m0/s1. The summed E-state index contributed by atoms with van der Waals surface area (Å²) in [6.45, 7) is 5.06. The van der Waals surface area contributed by atoms with Crippen LogP contribution in [0.4, 0.5) is 0 Å². The monoisotopic (exact) mass is 538 g/mol. The second-order valence-electron chi connectivity index (χ2n) is 8.27. The Labute approximate surface area is 201 Å². The van der Waals surface area contributed by atoms with Gasteiger partial charge < -0.3 is 4.74 Å². The summed E-state index contributed by atoms with van der Waals surface area (Å²) >= 11 is 9.35. The van der Waals surface area contributed by atoms with Crippen molar-refractivity contribution in [3.8, 4) is 5.75 Å². The summed E-state index contributed by atoms with van der Waals surface area (Å²) in [5.41, 5.74) is 1.61. The van der Waals surface area contributed by atoms with Crippen LogP contribution in [-0.2, 0) is 23.1 Å². The van der Waals surface area contributed by atoms with E-state index >= 15 is 0 Å². The summed E-state index contributed by atoms with van der Waals surface area (Å²) in [5.74, 6) is 0.664. The van der Waals surface area contributed by atoms with E-state index in [2.05, 4.69) is 40.1 Å². The second kappa shape index (κ2) is 9.51. The van der Waals surface area contributed by atoms with E-state index in [-0.39, 0.29) is 24.1 Å². The molecule has 0 unspecified atom stereocenters. The minimum Gasteiger partial charge on any atom is -0.490 e. The zero-order chi connectivity index (χ0) is 22.9. The van der Waals surface area contributed by atoms with Crippen LogP contribution >= 0.6 is 27.5 Å². The number of aromatic nitrogens is 3. The van der Waals surface area contributed by atoms with Gasteiger partial charge in [0.25, 0.3) is 0 Å². The van der Waals surface area contributed by atoms with Crippen LogP contribution in [0.25, 0.3) is 0 Å². The van der Waals surface area contributed by atoms with Crippen LogP contribution in [0.1, 0.15) is 31.5 Å². The zero-order valence-corrected chi connectivity index (χ0v) is 20.9. The maximum Gasteiger partial charge on any atom is 0.247 e. The number of nitrogens with zero attached hydrogens (tertiary/aromatic N) is 4. The van der Waals surface area contributed by atoms with E-state index in [4.69, 9.17) is 16.3 Å². The molecule has 0 bridgehead atoms. The van der Waals surface area contributed by atoms with E-state index < -0.39 is 10.0 Å². The largest absolute Gasteiger partial charge is 0.490 e. The first-order chi connectivity index (χ1) is 15.2. The molecule has 1 aliphatic rings. The number of hydrogen-bond acceptors (Lipinski definition) is 5. The fraction of sp³-hybridized carbons (Fsp3) is 0.364. The lowest BCUT2D eigenvalue weighted by Gasteiger charge is -2.28. The molecule has 1 aromatic heterocycles. The quantitative estimate of drug-likeness (QED) is 0.452. The summed E-state index contributed by atoms with van der Waals surface area (Å²) in [6, 6.07) is 12.2. The van der Waals surface area contributed by atoms with E-state index in [1.807, 2.05) is 24.3 Å². The molecule has 2 aromatic carbocycles. The van der Waals surface area contributed by atoms with Crippen LogP contribution in [0.3, 0.4) is 0 Å². The molecule has 32 heavy (non-hydrogen) atoms. The molecule has 1 atom stereocenters. The predicted molar refractivity (Wildman–Crippen MR) is 126 cm³/mol. The van der Waals surface area contributed by atoms with Crippen LogP contribution in [0, 0.1) is 5.92 Å². The summed E-state index contributed by atoms with van der Waals surface area (Å²) in [7, 11) is -3.79. The van der Waals surface area contributed by atoms with E-state index in [0.29, 0.717) is 35.3 Å². The molecule has 4 rings (SSSR count). The molecule has 0 fully saturated rings. The summed E-state index contributed by atoms with van der Waals surface area (Å²) in [4.78, 5) is 0.167. The first-order valence-corrected chi connectivity index (χ1v) is 12.9. The lowest BCUT2D eigenvalue weighted by molar-refractivity contribution is 0.186. The van der Waals surface area contributed by atoms with Crippen molar-refractivity contribution in [2.24, 2.45) is 5.92 Å². The number of benzene rings is 2. The van der Waals surface area contributed by atoms with Gasteiger partial charge in [0.1, 0.15) is 17.3 Å². The Morgan fingerprint density at radius 3 is 2.66 bits per heavy atom. The minimum atomic E-state index is -3.79. The first kappa shape index (κ1) is 23.2. The Kier molecular flexibility index (Phi) is 6.90. The fourth-order valence-electron chi connectivity index (χ4n) is 3.77. The number of ether oxygens (including phenoxy) is 1. The Morgan fingerprint density at radius 1 is 1.19 bits per heavy atom.